The van der Waals surface area contributed by atoms with Gasteiger partial charge in [0.15, 0.2) is 0 Å². The SMILES string of the molecule is C=C(CCc1ccc(C(=O)O)cc1)C(=O)O. The molecule has 0 heterocycles. The molecule has 84 valence electrons. The molecule has 0 spiro atoms. The predicted molar refractivity (Wildman–Crippen MR) is 58.5 cm³/mol. The normalized spacial score (nSPS) is 9.75. The highest BCUT2D eigenvalue weighted by Crippen LogP contribution is 2.10. The summed E-state index contributed by atoms with van der Waals surface area (Å²) in [5, 5.41) is 17.3. The van der Waals surface area contributed by atoms with Crippen molar-refractivity contribution in [3.8, 4) is 0 Å². The fourth-order valence-electron chi connectivity index (χ4n) is 1.22. The largest absolute Gasteiger partial charge is 0.478 e. The Bertz CT molecular complexity index is 417. The van der Waals surface area contributed by atoms with E-state index in [0.29, 0.717) is 12.8 Å². The topological polar surface area (TPSA) is 74.6 Å². The molecule has 1 rings (SSSR count). The van der Waals surface area contributed by atoms with E-state index in [2.05, 4.69) is 6.58 Å². The molecule has 0 aromatic heterocycles. The van der Waals surface area contributed by atoms with E-state index in [1.165, 1.54) is 12.1 Å². The van der Waals surface area contributed by atoms with Gasteiger partial charge in [-0.2, -0.15) is 0 Å². The Labute approximate surface area is 92.8 Å². The van der Waals surface area contributed by atoms with Crippen LogP contribution in [0.4, 0.5) is 0 Å². The fourth-order valence-corrected chi connectivity index (χ4v) is 1.22. The molecule has 4 nitrogen and oxygen atoms in total. The molecule has 0 aliphatic rings. The lowest BCUT2D eigenvalue weighted by Crippen LogP contribution is -2.01. The highest BCUT2D eigenvalue weighted by Gasteiger charge is 2.05. The van der Waals surface area contributed by atoms with Gasteiger partial charge in [-0.1, -0.05) is 18.7 Å². The van der Waals surface area contributed by atoms with Crippen molar-refractivity contribution in [2.45, 2.75) is 12.8 Å². The number of carbonyl (C=O) groups is 2. The number of aliphatic carboxylic acids is 1. The highest BCUT2D eigenvalue weighted by atomic mass is 16.4. The standard InChI is InChI=1S/C12H12O4/c1-8(11(13)14)2-3-9-4-6-10(7-5-9)12(15)16/h4-7H,1-3H2,(H,13,14)(H,15,16). The van der Waals surface area contributed by atoms with E-state index in [9.17, 15) is 9.59 Å². The maximum atomic E-state index is 10.6. The molecule has 2 N–H and O–H groups in total. The first-order valence-corrected chi connectivity index (χ1v) is 4.74. The van der Waals surface area contributed by atoms with Crippen LogP contribution in [0.15, 0.2) is 36.4 Å². The van der Waals surface area contributed by atoms with Crippen LogP contribution in [0.25, 0.3) is 0 Å². The fraction of sp³-hybridized carbons (Fsp3) is 0.167. The van der Waals surface area contributed by atoms with Gasteiger partial charge >= 0.3 is 11.9 Å². The summed E-state index contributed by atoms with van der Waals surface area (Å²) in [4.78, 5) is 21.1. The summed E-state index contributed by atoms with van der Waals surface area (Å²) in [5.41, 5.74) is 1.27. The third-order valence-corrected chi connectivity index (χ3v) is 2.22. The van der Waals surface area contributed by atoms with Gasteiger partial charge in [0.2, 0.25) is 0 Å². The summed E-state index contributed by atoms with van der Waals surface area (Å²) >= 11 is 0. The number of aromatic carboxylic acids is 1. The second kappa shape index (κ2) is 5.11. The van der Waals surface area contributed by atoms with Crippen LogP contribution in [0.5, 0.6) is 0 Å². The molecular formula is C12H12O4. The molecule has 0 amide bonds. The van der Waals surface area contributed by atoms with E-state index in [0.717, 1.165) is 5.56 Å². The van der Waals surface area contributed by atoms with Crippen LogP contribution < -0.4 is 0 Å². The third-order valence-electron chi connectivity index (χ3n) is 2.22. The summed E-state index contributed by atoms with van der Waals surface area (Å²) in [6.07, 6.45) is 0.910. The molecule has 0 atom stereocenters. The molecule has 16 heavy (non-hydrogen) atoms. The zero-order chi connectivity index (χ0) is 12.1. The van der Waals surface area contributed by atoms with E-state index in [4.69, 9.17) is 10.2 Å². The first-order valence-electron chi connectivity index (χ1n) is 4.74. The van der Waals surface area contributed by atoms with Gasteiger partial charge in [0.25, 0.3) is 0 Å². The van der Waals surface area contributed by atoms with Crippen LogP contribution >= 0.6 is 0 Å². The Balaban J connectivity index is 2.59. The van der Waals surface area contributed by atoms with E-state index < -0.39 is 11.9 Å². The second-order valence-corrected chi connectivity index (χ2v) is 3.41. The lowest BCUT2D eigenvalue weighted by Gasteiger charge is -2.02. The maximum absolute atomic E-state index is 10.6. The average molecular weight is 220 g/mol. The number of hydrogen-bond acceptors (Lipinski definition) is 2. The third kappa shape index (κ3) is 3.24. The smallest absolute Gasteiger partial charge is 0.335 e. The average Bonchev–Trinajstić information content (AvgIpc) is 2.26. The molecule has 4 heteroatoms. The Kier molecular flexibility index (Phi) is 3.83. The summed E-state index contributed by atoms with van der Waals surface area (Å²) in [7, 11) is 0. The lowest BCUT2D eigenvalue weighted by atomic mass is 10.0. The first kappa shape index (κ1) is 12.0. The molecule has 0 fully saturated rings. The maximum Gasteiger partial charge on any atom is 0.335 e. The summed E-state index contributed by atoms with van der Waals surface area (Å²) in [6, 6.07) is 6.36. The summed E-state index contributed by atoms with van der Waals surface area (Å²) in [5.74, 6) is -1.97. The van der Waals surface area contributed by atoms with E-state index in [-0.39, 0.29) is 11.1 Å². The summed E-state index contributed by atoms with van der Waals surface area (Å²) < 4.78 is 0. The Hall–Kier alpha value is -2.10. The molecule has 0 saturated heterocycles. The second-order valence-electron chi connectivity index (χ2n) is 3.41. The zero-order valence-electron chi connectivity index (χ0n) is 8.64. The van der Waals surface area contributed by atoms with Gasteiger partial charge in [-0.25, -0.2) is 9.59 Å². The van der Waals surface area contributed by atoms with Crippen LogP contribution in [0.3, 0.4) is 0 Å². The van der Waals surface area contributed by atoms with E-state index in [1.54, 1.807) is 12.1 Å². The molecular weight excluding hydrogens is 208 g/mol. The minimum absolute atomic E-state index is 0.155. The van der Waals surface area contributed by atoms with Crippen LogP contribution in [0.2, 0.25) is 0 Å². The molecule has 0 bridgehead atoms. The molecule has 0 aliphatic heterocycles. The van der Waals surface area contributed by atoms with Gasteiger partial charge < -0.3 is 10.2 Å². The van der Waals surface area contributed by atoms with Crippen molar-refractivity contribution in [1.29, 1.82) is 0 Å². The van der Waals surface area contributed by atoms with Gasteiger partial charge in [-0.05, 0) is 30.5 Å². The van der Waals surface area contributed by atoms with Gasteiger partial charge in [0, 0.05) is 5.57 Å². The van der Waals surface area contributed by atoms with Crippen LogP contribution in [0.1, 0.15) is 22.3 Å². The van der Waals surface area contributed by atoms with E-state index in [1.807, 2.05) is 0 Å². The van der Waals surface area contributed by atoms with Crippen molar-refractivity contribution in [3.05, 3.63) is 47.5 Å². The number of hydrogen-bond donors (Lipinski definition) is 2. The highest BCUT2D eigenvalue weighted by molar-refractivity contribution is 5.87. The van der Waals surface area contributed by atoms with Gasteiger partial charge in [-0.15, -0.1) is 0 Å². The molecule has 1 aromatic carbocycles. The minimum atomic E-state index is -0.998. The van der Waals surface area contributed by atoms with Gasteiger partial charge in [0.05, 0.1) is 5.56 Å². The van der Waals surface area contributed by atoms with Crippen molar-refractivity contribution in [3.63, 3.8) is 0 Å². The molecule has 0 saturated carbocycles. The Morgan fingerprint density at radius 3 is 2.12 bits per heavy atom. The van der Waals surface area contributed by atoms with Crippen molar-refractivity contribution in [2.75, 3.05) is 0 Å². The quantitative estimate of drug-likeness (QED) is 0.744. The molecule has 0 aliphatic carbocycles. The van der Waals surface area contributed by atoms with Crippen LogP contribution in [-0.2, 0) is 11.2 Å². The lowest BCUT2D eigenvalue weighted by molar-refractivity contribution is -0.132. The number of benzene rings is 1. The zero-order valence-corrected chi connectivity index (χ0v) is 8.64. The van der Waals surface area contributed by atoms with E-state index >= 15 is 0 Å². The van der Waals surface area contributed by atoms with Gasteiger partial charge in [0.1, 0.15) is 0 Å². The summed E-state index contributed by atoms with van der Waals surface area (Å²) in [6.45, 7) is 3.42. The van der Waals surface area contributed by atoms with Crippen molar-refractivity contribution < 1.29 is 19.8 Å². The minimum Gasteiger partial charge on any atom is -0.478 e. The van der Waals surface area contributed by atoms with Crippen LogP contribution in [-0.4, -0.2) is 22.2 Å². The number of carboxylic acids is 2. The van der Waals surface area contributed by atoms with Crippen molar-refractivity contribution >= 4 is 11.9 Å². The molecule has 1 aromatic rings. The predicted octanol–water partition coefficient (Wildman–Crippen LogP) is 1.96. The molecule has 0 unspecified atom stereocenters. The number of rotatable bonds is 5. The van der Waals surface area contributed by atoms with Crippen molar-refractivity contribution in [1.82, 2.24) is 0 Å². The van der Waals surface area contributed by atoms with Crippen molar-refractivity contribution in [2.24, 2.45) is 0 Å². The van der Waals surface area contributed by atoms with Crippen LogP contribution in [0, 0.1) is 0 Å². The van der Waals surface area contributed by atoms with Gasteiger partial charge in [-0.3, -0.25) is 0 Å². The monoisotopic (exact) mass is 220 g/mol. The Morgan fingerprint density at radius 1 is 1.12 bits per heavy atom. The molecule has 0 radical (unpaired) electrons. The first-order chi connectivity index (χ1) is 7.50. The number of carboxylic acid groups (broad SMARTS) is 2. The Morgan fingerprint density at radius 2 is 1.69 bits per heavy atom. The number of aryl methyl sites for hydroxylation is 1.